The maximum atomic E-state index is 5.76. The van der Waals surface area contributed by atoms with Crippen LogP contribution in [-0.4, -0.2) is 16.7 Å². The first kappa shape index (κ1) is 14.6. The Balaban J connectivity index is 2.44. The molecule has 0 radical (unpaired) electrons. The number of benzene rings is 1. The largest absolute Gasteiger partial charge is 0.496 e. The van der Waals surface area contributed by atoms with Crippen LogP contribution in [-0.2, 0) is 6.54 Å². The van der Waals surface area contributed by atoms with Gasteiger partial charge in [0.1, 0.15) is 17.6 Å². The number of nitrogens with one attached hydrogen (secondary N) is 1. The van der Waals surface area contributed by atoms with E-state index in [0.29, 0.717) is 0 Å². The third-order valence-electron chi connectivity index (χ3n) is 3.34. The molecule has 2 rings (SSSR count). The van der Waals surface area contributed by atoms with E-state index in [-0.39, 0.29) is 6.04 Å². The predicted octanol–water partition coefficient (Wildman–Crippen LogP) is 2.16. The van der Waals surface area contributed by atoms with Crippen LogP contribution < -0.4 is 16.0 Å². The van der Waals surface area contributed by atoms with Crippen LogP contribution in [0.5, 0.6) is 5.75 Å². The van der Waals surface area contributed by atoms with Gasteiger partial charge < -0.3 is 9.30 Å². The molecular weight excluding hydrogens is 252 g/mol. The van der Waals surface area contributed by atoms with Crippen molar-refractivity contribution in [2.45, 2.75) is 32.9 Å². The van der Waals surface area contributed by atoms with Crippen LogP contribution in [0.4, 0.5) is 0 Å². The van der Waals surface area contributed by atoms with Crippen LogP contribution in [0.1, 0.15) is 36.3 Å². The zero-order valence-corrected chi connectivity index (χ0v) is 12.3. The Bertz CT molecular complexity index is 565. The number of nitrogens with two attached hydrogens (primary N) is 1. The lowest BCUT2D eigenvalue weighted by molar-refractivity contribution is 0.401. The maximum absolute atomic E-state index is 5.76. The molecule has 0 amide bonds. The van der Waals surface area contributed by atoms with Crippen molar-refractivity contribution >= 4 is 0 Å². The predicted molar refractivity (Wildman–Crippen MR) is 79.4 cm³/mol. The molecule has 0 aliphatic carbocycles. The van der Waals surface area contributed by atoms with Crippen molar-refractivity contribution in [2.24, 2.45) is 5.84 Å². The number of hydrogen-bond acceptors (Lipinski definition) is 4. The van der Waals surface area contributed by atoms with Crippen LogP contribution >= 0.6 is 0 Å². The highest BCUT2D eigenvalue weighted by Crippen LogP contribution is 2.29. The zero-order valence-electron chi connectivity index (χ0n) is 12.3. The van der Waals surface area contributed by atoms with E-state index in [0.717, 1.165) is 35.7 Å². The number of methoxy groups -OCH3 is 1. The Morgan fingerprint density at radius 3 is 2.90 bits per heavy atom. The molecule has 0 bridgehead atoms. The quantitative estimate of drug-likeness (QED) is 0.626. The lowest BCUT2D eigenvalue weighted by Crippen LogP contribution is -2.31. The molecule has 0 aliphatic rings. The molecule has 1 heterocycles. The summed E-state index contributed by atoms with van der Waals surface area (Å²) in [5.41, 5.74) is 4.99. The van der Waals surface area contributed by atoms with Gasteiger partial charge >= 0.3 is 0 Å². The van der Waals surface area contributed by atoms with Crippen molar-refractivity contribution in [3.05, 3.63) is 47.5 Å². The summed E-state index contributed by atoms with van der Waals surface area (Å²) in [7, 11) is 1.67. The molecule has 0 saturated carbocycles. The zero-order chi connectivity index (χ0) is 14.5. The Labute approximate surface area is 119 Å². The first-order valence-electron chi connectivity index (χ1n) is 6.83. The van der Waals surface area contributed by atoms with Gasteiger partial charge in [-0.25, -0.2) is 10.4 Å². The average molecular weight is 274 g/mol. The summed E-state index contributed by atoms with van der Waals surface area (Å²) in [4.78, 5) is 4.45. The summed E-state index contributed by atoms with van der Waals surface area (Å²) in [6.45, 7) is 5.10. The molecule has 0 fully saturated rings. The fourth-order valence-corrected chi connectivity index (χ4v) is 2.37. The van der Waals surface area contributed by atoms with E-state index in [1.165, 1.54) is 0 Å². The van der Waals surface area contributed by atoms with E-state index in [1.54, 1.807) is 13.3 Å². The van der Waals surface area contributed by atoms with Gasteiger partial charge in [-0.2, -0.15) is 0 Å². The molecule has 20 heavy (non-hydrogen) atoms. The number of ether oxygens (including phenoxy) is 1. The number of rotatable bonds is 6. The van der Waals surface area contributed by atoms with Gasteiger partial charge in [0.05, 0.1) is 7.11 Å². The molecule has 5 nitrogen and oxygen atoms in total. The lowest BCUT2D eigenvalue weighted by atomic mass is 10.0. The molecule has 0 saturated heterocycles. The third kappa shape index (κ3) is 2.84. The van der Waals surface area contributed by atoms with Crippen molar-refractivity contribution in [2.75, 3.05) is 7.11 Å². The molecule has 5 heteroatoms. The first-order valence-corrected chi connectivity index (χ1v) is 6.83. The van der Waals surface area contributed by atoms with E-state index in [1.807, 2.05) is 25.3 Å². The number of hydrogen-bond donors (Lipinski definition) is 2. The van der Waals surface area contributed by atoms with Crippen LogP contribution in [0.15, 0.2) is 30.6 Å². The van der Waals surface area contributed by atoms with Crippen molar-refractivity contribution in [1.29, 1.82) is 0 Å². The topological polar surface area (TPSA) is 65.1 Å². The van der Waals surface area contributed by atoms with Gasteiger partial charge in [0.2, 0.25) is 0 Å². The normalized spacial score (nSPS) is 12.4. The maximum Gasteiger partial charge on any atom is 0.131 e. The second-order valence-electron chi connectivity index (χ2n) is 4.82. The van der Waals surface area contributed by atoms with Gasteiger partial charge in [-0.05, 0) is 25.0 Å². The fourth-order valence-electron chi connectivity index (χ4n) is 2.37. The first-order chi connectivity index (χ1) is 9.71. The molecule has 1 atom stereocenters. The molecule has 3 N–H and O–H groups in total. The van der Waals surface area contributed by atoms with E-state index in [2.05, 4.69) is 28.0 Å². The minimum absolute atomic E-state index is 0.188. The van der Waals surface area contributed by atoms with E-state index in [4.69, 9.17) is 10.6 Å². The Kier molecular flexibility index (Phi) is 4.76. The molecule has 0 aliphatic heterocycles. The van der Waals surface area contributed by atoms with Crippen LogP contribution in [0.25, 0.3) is 0 Å². The minimum Gasteiger partial charge on any atom is -0.496 e. The highest BCUT2D eigenvalue weighted by Gasteiger charge is 2.21. The summed E-state index contributed by atoms with van der Waals surface area (Å²) < 4.78 is 7.59. The van der Waals surface area contributed by atoms with Gasteiger partial charge in [0.15, 0.2) is 0 Å². The average Bonchev–Trinajstić information content (AvgIpc) is 2.90. The SMILES string of the molecule is CCCn1ccnc1C(NN)c1ccc(C)cc1OC. The molecule has 2 aromatic rings. The number of nitrogens with zero attached hydrogens (tertiary/aromatic N) is 2. The van der Waals surface area contributed by atoms with Crippen LogP contribution in [0.3, 0.4) is 0 Å². The summed E-state index contributed by atoms with van der Waals surface area (Å²) in [6, 6.07) is 5.90. The van der Waals surface area contributed by atoms with Crippen LogP contribution in [0.2, 0.25) is 0 Å². The lowest BCUT2D eigenvalue weighted by Gasteiger charge is -2.20. The molecule has 1 aromatic carbocycles. The van der Waals surface area contributed by atoms with Crippen molar-refractivity contribution in [3.63, 3.8) is 0 Å². The summed E-state index contributed by atoms with van der Waals surface area (Å²) in [5.74, 6) is 7.48. The summed E-state index contributed by atoms with van der Waals surface area (Å²) >= 11 is 0. The van der Waals surface area contributed by atoms with Crippen molar-refractivity contribution < 1.29 is 4.74 Å². The number of imidazole rings is 1. The second-order valence-corrected chi connectivity index (χ2v) is 4.82. The van der Waals surface area contributed by atoms with Crippen LogP contribution in [0, 0.1) is 6.92 Å². The Hall–Kier alpha value is -1.85. The van der Waals surface area contributed by atoms with E-state index >= 15 is 0 Å². The van der Waals surface area contributed by atoms with Gasteiger partial charge in [-0.15, -0.1) is 0 Å². The number of aryl methyl sites for hydroxylation is 2. The molecule has 1 aromatic heterocycles. The monoisotopic (exact) mass is 274 g/mol. The van der Waals surface area contributed by atoms with Gasteiger partial charge in [0.25, 0.3) is 0 Å². The van der Waals surface area contributed by atoms with E-state index < -0.39 is 0 Å². The Morgan fingerprint density at radius 2 is 2.25 bits per heavy atom. The number of aromatic nitrogens is 2. The fraction of sp³-hybridized carbons (Fsp3) is 0.400. The Morgan fingerprint density at radius 1 is 1.45 bits per heavy atom. The standard InChI is InChI=1S/C15H22N4O/c1-4-8-19-9-7-17-15(19)14(18-16)12-6-5-11(2)10-13(12)20-3/h5-7,9-10,14,18H,4,8,16H2,1-3H3. The van der Waals surface area contributed by atoms with Crippen molar-refractivity contribution in [1.82, 2.24) is 15.0 Å². The molecule has 108 valence electrons. The second kappa shape index (κ2) is 6.54. The summed E-state index contributed by atoms with van der Waals surface area (Å²) in [5, 5.41) is 0. The van der Waals surface area contributed by atoms with Gasteiger partial charge in [-0.1, -0.05) is 19.1 Å². The van der Waals surface area contributed by atoms with E-state index in [9.17, 15) is 0 Å². The van der Waals surface area contributed by atoms with Crippen molar-refractivity contribution in [3.8, 4) is 5.75 Å². The highest BCUT2D eigenvalue weighted by atomic mass is 16.5. The minimum atomic E-state index is -0.188. The molecule has 0 spiro atoms. The summed E-state index contributed by atoms with van der Waals surface area (Å²) in [6.07, 6.45) is 4.82. The van der Waals surface area contributed by atoms with Gasteiger partial charge in [0, 0.05) is 24.5 Å². The third-order valence-corrected chi connectivity index (χ3v) is 3.34. The smallest absolute Gasteiger partial charge is 0.131 e. The highest BCUT2D eigenvalue weighted by molar-refractivity contribution is 5.41. The van der Waals surface area contributed by atoms with Gasteiger partial charge in [-0.3, -0.25) is 5.84 Å². The number of hydrazine groups is 1. The molecular formula is C15H22N4O. The molecule has 1 unspecified atom stereocenters.